The zero-order valence-corrected chi connectivity index (χ0v) is 19.3. The molecule has 0 spiro atoms. The molecule has 2 aliphatic rings. The van der Waals surface area contributed by atoms with Gasteiger partial charge in [0, 0.05) is 56.7 Å². The Kier molecular flexibility index (Phi) is 6.07. The number of likely N-dealkylation sites (tertiary alicyclic amines) is 1. The number of piperidine rings is 1. The summed E-state index contributed by atoms with van der Waals surface area (Å²) >= 11 is 1.10. The lowest BCUT2D eigenvalue weighted by atomic mass is 10.0. The van der Waals surface area contributed by atoms with Crippen molar-refractivity contribution < 1.29 is 27.8 Å². The summed E-state index contributed by atoms with van der Waals surface area (Å²) in [6, 6.07) is 9.29. The summed E-state index contributed by atoms with van der Waals surface area (Å²) in [6.07, 6.45) is 1.20. The predicted molar refractivity (Wildman–Crippen MR) is 123 cm³/mol. The topological polar surface area (TPSA) is 72.0 Å². The van der Waals surface area contributed by atoms with Crippen LogP contribution >= 0.6 is 11.3 Å². The van der Waals surface area contributed by atoms with Crippen molar-refractivity contribution in [3.05, 3.63) is 48.0 Å². The van der Waals surface area contributed by atoms with Crippen LogP contribution in [0.25, 0.3) is 10.2 Å². The third kappa shape index (κ3) is 4.42. The number of fused-ring (bicyclic) bond motifs is 1. The Labute approximate surface area is 198 Å². The van der Waals surface area contributed by atoms with Crippen LogP contribution < -0.4 is 14.4 Å². The van der Waals surface area contributed by atoms with E-state index in [0.29, 0.717) is 48.1 Å². The van der Waals surface area contributed by atoms with Gasteiger partial charge in [-0.05, 0) is 18.2 Å². The minimum atomic E-state index is -0.712. The fourth-order valence-corrected chi connectivity index (χ4v) is 5.40. The van der Waals surface area contributed by atoms with Gasteiger partial charge < -0.3 is 19.3 Å². The van der Waals surface area contributed by atoms with Crippen molar-refractivity contribution in [3.8, 4) is 10.9 Å². The van der Waals surface area contributed by atoms with Crippen molar-refractivity contribution >= 4 is 39.1 Å². The normalized spacial score (nSPS) is 19.1. The third-order valence-corrected chi connectivity index (χ3v) is 7.15. The summed E-state index contributed by atoms with van der Waals surface area (Å²) in [5.74, 6) is -1.21. The molecule has 1 atom stereocenters. The van der Waals surface area contributed by atoms with Crippen molar-refractivity contribution in [2.24, 2.45) is 5.92 Å². The molecule has 1 unspecified atom stereocenters. The molecule has 0 aliphatic carbocycles. The predicted octanol–water partition coefficient (Wildman–Crippen LogP) is 4.01. The monoisotopic (exact) mass is 487 g/mol. The highest BCUT2D eigenvalue weighted by Gasteiger charge is 2.38. The maximum absolute atomic E-state index is 13.9. The average Bonchev–Trinajstić information content (AvgIpc) is 3.42. The van der Waals surface area contributed by atoms with Crippen LogP contribution in [0.4, 0.5) is 14.5 Å². The first-order valence-corrected chi connectivity index (χ1v) is 11.9. The van der Waals surface area contributed by atoms with Crippen LogP contribution in [-0.4, -0.2) is 54.5 Å². The van der Waals surface area contributed by atoms with Gasteiger partial charge in [0.1, 0.15) is 23.2 Å². The Morgan fingerprint density at radius 3 is 2.74 bits per heavy atom. The second kappa shape index (κ2) is 9.17. The number of aromatic nitrogens is 1. The summed E-state index contributed by atoms with van der Waals surface area (Å²) in [5.41, 5.74) is 0.819. The van der Waals surface area contributed by atoms with Gasteiger partial charge in [-0.2, -0.15) is 4.98 Å². The van der Waals surface area contributed by atoms with Crippen molar-refractivity contribution in [3.63, 3.8) is 0 Å². The molecule has 0 N–H and O–H groups in total. The van der Waals surface area contributed by atoms with Gasteiger partial charge in [0.05, 0.1) is 17.7 Å². The van der Waals surface area contributed by atoms with Gasteiger partial charge in [0.15, 0.2) is 5.82 Å². The molecule has 178 valence electrons. The molecule has 0 bridgehead atoms. The van der Waals surface area contributed by atoms with Crippen LogP contribution in [0.5, 0.6) is 10.9 Å². The molecule has 0 saturated carbocycles. The minimum Gasteiger partial charge on any atom is -0.497 e. The lowest BCUT2D eigenvalue weighted by Gasteiger charge is -2.33. The van der Waals surface area contributed by atoms with Crippen molar-refractivity contribution in [2.75, 3.05) is 31.6 Å². The number of methoxy groups -OCH3 is 1. The number of hydrogen-bond acceptors (Lipinski definition) is 6. The molecule has 2 amide bonds. The zero-order valence-electron chi connectivity index (χ0n) is 18.5. The van der Waals surface area contributed by atoms with Crippen molar-refractivity contribution in [1.29, 1.82) is 0 Å². The average molecular weight is 488 g/mol. The summed E-state index contributed by atoms with van der Waals surface area (Å²) in [4.78, 5) is 33.2. The summed E-state index contributed by atoms with van der Waals surface area (Å²) in [6.45, 7) is 1.34. The van der Waals surface area contributed by atoms with Crippen LogP contribution in [-0.2, 0) is 9.59 Å². The Hall–Kier alpha value is -3.27. The highest BCUT2D eigenvalue weighted by Crippen LogP contribution is 2.33. The van der Waals surface area contributed by atoms with Crippen LogP contribution in [0, 0.1) is 17.6 Å². The number of hydrogen-bond donors (Lipinski definition) is 0. The number of benzene rings is 2. The van der Waals surface area contributed by atoms with E-state index in [1.807, 2.05) is 18.2 Å². The van der Waals surface area contributed by atoms with Gasteiger partial charge in [0.2, 0.25) is 11.8 Å². The number of carbonyl (C=O) groups is 2. The lowest BCUT2D eigenvalue weighted by molar-refractivity contribution is -0.137. The smallest absolute Gasteiger partial charge is 0.274 e. The molecule has 2 aromatic carbocycles. The van der Waals surface area contributed by atoms with Gasteiger partial charge in [0.25, 0.3) is 5.19 Å². The lowest BCUT2D eigenvalue weighted by Crippen LogP contribution is -2.44. The Bertz CT molecular complexity index is 1240. The maximum atomic E-state index is 13.9. The molecule has 34 heavy (non-hydrogen) atoms. The fraction of sp³-hybridized carbons (Fsp3) is 0.375. The van der Waals surface area contributed by atoms with Gasteiger partial charge in [-0.1, -0.05) is 17.4 Å². The van der Waals surface area contributed by atoms with Crippen LogP contribution in [0.3, 0.4) is 0 Å². The number of rotatable bonds is 5. The van der Waals surface area contributed by atoms with E-state index < -0.39 is 17.6 Å². The number of carbonyl (C=O) groups excluding carboxylic acids is 2. The second-order valence-corrected chi connectivity index (χ2v) is 9.46. The minimum absolute atomic E-state index is 0.0327. The number of ether oxygens (including phenoxy) is 2. The van der Waals surface area contributed by atoms with E-state index in [4.69, 9.17) is 9.47 Å². The second-order valence-electron chi connectivity index (χ2n) is 8.46. The van der Waals surface area contributed by atoms with Gasteiger partial charge in [-0.25, -0.2) is 8.78 Å². The van der Waals surface area contributed by atoms with E-state index in [1.165, 1.54) is 6.07 Å². The summed E-state index contributed by atoms with van der Waals surface area (Å²) in [5, 5.41) is 0.291. The standard InChI is InChI=1S/C24H23F2N3O4S/c1-32-18-4-2-3-16(12-18)29-13-14(9-21(29)30)23(31)28-7-5-17(6-8-28)33-24-27-22-19(26)10-15(25)11-20(22)34-24/h2-4,10-12,14,17H,5-9,13H2,1H3. The van der Waals surface area contributed by atoms with Crippen LogP contribution in [0.2, 0.25) is 0 Å². The largest absolute Gasteiger partial charge is 0.497 e. The van der Waals surface area contributed by atoms with Crippen LogP contribution in [0.1, 0.15) is 19.3 Å². The molecule has 5 rings (SSSR count). The highest BCUT2D eigenvalue weighted by atomic mass is 32.1. The SMILES string of the molecule is COc1cccc(N2CC(C(=O)N3CCC(Oc4nc5c(F)cc(F)cc5s4)CC3)CC2=O)c1. The molecule has 2 saturated heterocycles. The molecular formula is C24H23F2N3O4S. The van der Waals surface area contributed by atoms with E-state index >= 15 is 0 Å². The summed E-state index contributed by atoms with van der Waals surface area (Å²) < 4.78 is 38.9. The Morgan fingerprint density at radius 2 is 1.97 bits per heavy atom. The van der Waals surface area contributed by atoms with E-state index in [9.17, 15) is 18.4 Å². The number of thiazole rings is 1. The molecule has 2 aliphatic heterocycles. The van der Waals surface area contributed by atoms with Gasteiger partial charge >= 0.3 is 0 Å². The van der Waals surface area contributed by atoms with Crippen molar-refractivity contribution in [1.82, 2.24) is 9.88 Å². The molecule has 0 radical (unpaired) electrons. The first-order valence-electron chi connectivity index (χ1n) is 11.1. The Morgan fingerprint density at radius 1 is 1.18 bits per heavy atom. The molecule has 3 aromatic rings. The van der Waals surface area contributed by atoms with Gasteiger partial charge in [-0.3, -0.25) is 9.59 Å². The zero-order chi connectivity index (χ0) is 23.8. The molecule has 2 fully saturated rings. The van der Waals surface area contributed by atoms with Gasteiger partial charge in [-0.15, -0.1) is 0 Å². The highest BCUT2D eigenvalue weighted by molar-refractivity contribution is 7.20. The van der Waals surface area contributed by atoms with E-state index in [-0.39, 0.29) is 29.9 Å². The molecule has 7 nitrogen and oxygen atoms in total. The molecule has 1 aromatic heterocycles. The van der Waals surface area contributed by atoms with E-state index in [0.717, 1.165) is 23.1 Å². The maximum Gasteiger partial charge on any atom is 0.274 e. The Balaban J connectivity index is 1.18. The number of nitrogens with zero attached hydrogens (tertiary/aromatic N) is 3. The third-order valence-electron chi connectivity index (χ3n) is 6.25. The summed E-state index contributed by atoms with van der Waals surface area (Å²) in [7, 11) is 1.57. The first kappa shape index (κ1) is 22.5. The number of amides is 2. The molecule has 3 heterocycles. The van der Waals surface area contributed by atoms with E-state index in [1.54, 1.807) is 23.0 Å². The van der Waals surface area contributed by atoms with E-state index in [2.05, 4.69) is 4.98 Å². The van der Waals surface area contributed by atoms with Crippen molar-refractivity contribution in [2.45, 2.75) is 25.4 Å². The number of halogens is 2. The quantitative estimate of drug-likeness (QED) is 0.544. The fourth-order valence-electron chi connectivity index (χ4n) is 4.48. The van der Waals surface area contributed by atoms with Crippen LogP contribution in [0.15, 0.2) is 36.4 Å². The first-order chi connectivity index (χ1) is 16.4. The molecular weight excluding hydrogens is 464 g/mol. The molecule has 10 heteroatoms. The number of anilines is 1.